The Hall–Kier alpha value is -1.30. The first-order valence-corrected chi connectivity index (χ1v) is 6.58. The number of esters is 1. The van der Waals surface area contributed by atoms with E-state index >= 15 is 0 Å². The maximum atomic E-state index is 11.7. The molecule has 0 aromatic heterocycles. The highest BCUT2D eigenvalue weighted by Crippen LogP contribution is 2.35. The third-order valence-corrected chi connectivity index (χ3v) is 3.22. The van der Waals surface area contributed by atoms with Crippen LogP contribution in [0.4, 0.5) is 0 Å². The Balaban J connectivity index is 2.63. The highest BCUT2D eigenvalue weighted by Gasteiger charge is 2.26. The Labute approximate surface area is 110 Å². The van der Waals surface area contributed by atoms with E-state index in [4.69, 9.17) is 10.00 Å². The fraction of sp³-hybridized carbons (Fsp3) is 0.733. The molecular weight excluding hydrogens is 226 g/mol. The van der Waals surface area contributed by atoms with Gasteiger partial charge in [-0.2, -0.15) is 5.26 Å². The van der Waals surface area contributed by atoms with E-state index in [1.807, 2.05) is 27.7 Å². The fourth-order valence-corrected chi connectivity index (χ4v) is 2.15. The van der Waals surface area contributed by atoms with E-state index in [0.29, 0.717) is 0 Å². The number of hydrogen-bond donors (Lipinski definition) is 0. The van der Waals surface area contributed by atoms with E-state index < -0.39 is 5.60 Å². The average molecular weight is 249 g/mol. The molecule has 0 aliphatic heterocycles. The lowest BCUT2D eigenvalue weighted by atomic mass is 9.84. The summed E-state index contributed by atoms with van der Waals surface area (Å²) in [6.45, 7) is 7.60. The molecule has 3 nitrogen and oxygen atoms in total. The summed E-state index contributed by atoms with van der Waals surface area (Å²) in [5, 5.41) is 9.14. The zero-order chi connectivity index (χ0) is 13.8. The molecule has 1 aliphatic rings. The van der Waals surface area contributed by atoms with Crippen molar-refractivity contribution in [2.24, 2.45) is 5.41 Å². The smallest absolute Gasteiger partial charge is 0.331 e. The van der Waals surface area contributed by atoms with Gasteiger partial charge in [-0.1, -0.05) is 5.57 Å². The number of carbonyl (C=O) groups is 1. The van der Waals surface area contributed by atoms with Crippen molar-refractivity contribution in [2.45, 2.75) is 65.4 Å². The van der Waals surface area contributed by atoms with Crippen LogP contribution in [0.3, 0.4) is 0 Å². The minimum absolute atomic E-state index is 0.233. The molecular formula is C15H23NO2. The van der Waals surface area contributed by atoms with Crippen molar-refractivity contribution in [1.29, 1.82) is 5.26 Å². The van der Waals surface area contributed by atoms with Crippen LogP contribution < -0.4 is 0 Å². The number of nitriles is 1. The summed E-state index contributed by atoms with van der Waals surface area (Å²) in [6.07, 6.45) is 6.06. The summed E-state index contributed by atoms with van der Waals surface area (Å²) < 4.78 is 5.28. The van der Waals surface area contributed by atoms with Gasteiger partial charge < -0.3 is 4.74 Å². The summed E-state index contributed by atoms with van der Waals surface area (Å²) >= 11 is 0. The van der Waals surface area contributed by atoms with E-state index in [-0.39, 0.29) is 11.4 Å². The predicted octanol–water partition coefficient (Wildman–Crippen LogP) is 3.75. The van der Waals surface area contributed by atoms with Crippen molar-refractivity contribution in [2.75, 3.05) is 0 Å². The number of nitrogens with zero attached hydrogens (tertiary/aromatic N) is 1. The molecule has 0 amide bonds. The molecule has 1 rings (SSSR count). The third-order valence-electron chi connectivity index (χ3n) is 3.22. The average Bonchev–Trinajstić information content (AvgIpc) is 2.39. The van der Waals surface area contributed by atoms with Crippen molar-refractivity contribution in [3.63, 3.8) is 0 Å². The van der Waals surface area contributed by atoms with Crippen molar-refractivity contribution in [3.8, 4) is 6.07 Å². The zero-order valence-electron chi connectivity index (χ0n) is 11.9. The molecule has 0 aromatic carbocycles. The molecule has 1 fully saturated rings. The summed E-state index contributed by atoms with van der Waals surface area (Å²) in [7, 11) is 0. The Morgan fingerprint density at radius 2 is 2.06 bits per heavy atom. The molecule has 1 unspecified atom stereocenters. The lowest BCUT2D eigenvalue weighted by molar-refractivity contribution is -0.148. The van der Waals surface area contributed by atoms with Gasteiger partial charge in [-0.25, -0.2) is 4.79 Å². The molecule has 1 saturated carbocycles. The van der Waals surface area contributed by atoms with Crippen molar-refractivity contribution < 1.29 is 9.53 Å². The van der Waals surface area contributed by atoms with Crippen LogP contribution in [0.25, 0.3) is 0 Å². The highest BCUT2D eigenvalue weighted by atomic mass is 16.6. The standard InChI is InChI=1S/C15H23NO2/c1-14(2,3)18-13(17)10-12-6-5-8-15(4,11-16)9-7-12/h10H,5-9H2,1-4H3/b12-10-. The van der Waals surface area contributed by atoms with Crippen LogP contribution in [0, 0.1) is 16.7 Å². The Morgan fingerprint density at radius 1 is 1.39 bits per heavy atom. The van der Waals surface area contributed by atoms with Crippen LogP contribution in [-0.2, 0) is 9.53 Å². The van der Waals surface area contributed by atoms with Crippen molar-refractivity contribution in [1.82, 2.24) is 0 Å². The van der Waals surface area contributed by atoms with E-state index in [9.17, 15) is 4.79 Å². The maximum absolute atomic E-state index is 11.7. The second-order valence-electron chi connectivity index (χ2n) is 6.36. The van der Waals surface area contributed by atoms with Crippen molar-refractivity contribution >= 4 is 5.97 Å². The topological polar surface area (TPSA) is 50.1 Å². The third kappa shape index (κ3) is 4.91. The van der Waals surface area contributed by atoms with Gasteiger partial charge in [-0.15, -0.1) is 0 Å². The van der Waals surface area contributed by atoms with Gasteiger partial charge >= 0.3 is 5.97 Å². The minimum Gasteiger partial charge on any atom is -0.457 e. The Kier molecular flexibility index (Phi) is 4.56. The zero-order valence-corrected chi connectivity index (χ0v) is 11.9. The molecule has 1 atom stereocenters. The van der Waals surface area contributed by atoms with Gasteiger partial charge in [0.05, 0.1) is 11.5 Å². The van der Waals surface area contributed by atoms with Gasteiger partial charge in [0, 0.05) is 6.08 Å². The molecule has 0 N–H and O–H groups in total. The van der Waals surface area contributed by atoms with Gasteiger partial charge in [0.25, 0.3) is 0 Å². The molecule has 0 bridgehead atoms. The second kappa shape index (κ2) is 5.56. The normalized spacial score (nSPS) is 27.4. The molecule has 1 aliphatic carbocycles. The van der Waals surface area contributed by atoms with Crippen LogP contribution >= 0.6 is 0 Å². The molecule has 3 heteroatoms. The van der Waals surface area contributed by atoms with Gasteiger partial charge in [-0.3, -0.25) is 0 Å². The van der Waals surface area contributed by atoms with Gasteiger partial charge in [-0.05, 0) is 59.8 Å². The monoisotopic (exact) mass is 249 g/mol. The Bertz CT molecular complexity index is 384. The van der Waals surface area contributed by atoms with Crippen molar-refractivity contribution in [3.05, 3.63) is 11.6 Å². The van der Waals surface area contributed by atoms with E-state index in [1.165, 1.54) is 0 Å². The van der Waals surface area contributed by atoms with Gasteiger partial charge in [0.2, 0.25) is 0 Å². The molecule has 18 heavy (non-hydrogen) atoms. The van der Waals surface area contributed by atoms with Crippen LogP contribution in [0.5, 0.6) is 0 Å². The maximum Gasteiger partial charge on any atom is 0.331 e. The summed E-state index contributed by atoms with van der Waals surface area (Å²) in [5.41, 5.74) is 0.437. The first kappa shape index (κ1) is 14.8. The minimum atomic E-state index is -0.444. The largest absolute Gasteiger partial charge is 0.457 e. The number of carbonyl (C=O) groups excluding carboxylic acids is 1. The first-order chi connectivity index (χ1) is 8.24. The molecule has 0 radical (unpaired) electrons. The molecule has 0 saturated heterocycles. The van der Waals surface area contributed by atoms with Crippen LogP contribution in [-0.4, -0.2) is 11.6 Å². The van der Waals surface area contributed by atoms with Crippen LogP contribution in [0.15, 0.2) is 11.6 Å². The van der Waals surface area contributed by atoms with E-state index in [1.54, 1.807) is 6.08 Å². The lowest BCUT2D eigenvalue weighted by Crippen LogP contribution is -2.22. The predicted molar refractivity (Wildman–Crippen MR) is 70.7 cm³/mol. The van der Waals surface area contributed by atoms with E-state index in [0.717, 1.165) is 37.7 Å². The summed E-state index contributed by atoms with van der Waals surface area (Å²) in [5.74, 6) is -0.266. The van der Waals surface area contributed by atoms with E-state index in [2.05, 4.69) is 6.07 Å². The first-order valence-electron chi connectivity index (χ1n) is 6.58. The number of rotatable bonds is 1. The lowest BCUT2D eigenvalue weighted by Gasteiger charge is -2.19. The fourth-order valence-electron chi connectivity index (χ4n) is 2.15. The summed E-state index contributed by atoms with van der Waals surface area (Å²) in [4.78, 5) is 11.7. The number of allylic oxidation sites excluding steroid dienone is 1. The highest BCUT2D eigenvalue weighted by molar-refractivity contribution is 5.83. The molecule has 0 aromatic rings. The number of hydrogen-bond acceptors (Lipinski definition) is 3. The summed E-state index contributed by atoms with van der Waals surface area (Å²) in [6, 6.07) is 2.39. The van der Waals surface area contributed by atoms with Gasteiger partial charge in [0.15, 0.2) is 0 Å². The number of ether oxygens (including phenoxy) is 1. The Morgan fingerprint density at radius 3 is 2.61 bits per heavy atom. The molecule has 100 valence electrons. The van der Waals surface area contributed by atoms with Crippen LogP contribution in [0.1, 0.15) is 59.8 Å². The second-order valence-corrected chi connectivity index (χ2v) is 6.36. The molecule has 0 heterocycles. The molecule has 0 spiro atoms. The van der Waals surface area contributed by atoms with Crippen LogP contribution in [0.2, 0.25) is 0 Å². The quantitative estimate of drug-likeness (QED) is 0.404. The SMILES string of the molecule is CC1(C#N)CCC/C(=C/C(=O)OC(C)(C)C)CC1. The van der Waals surface area contributed by atoms with Gasteiger partial charge in [0.1, 0.15) is 5.60 Å².